The van der Waals surface area contributed by atoms with Crippen molar-refractivity contribution in [2.24, 2.45) is 0 Å². The highest BCUT2D eigenvalue weighted by Crippen LogP contribution is 2.23. The summed E-state index contributed by atoms with van der Waals surface area (Å²) in [6.45, 7) is 3.70. The average Bonchev–Trinajstić information content (AvgIpc) is 3.04. The molecule has 9 heteroatoms. The Bertz CT molecular complexity index is 1340. The Morgan fingerprint density at radius 3 is 2.24 bits per heavy atom. The Kier molecular flexibility index (Phi) is 5.78. The molecule has 33 heavy (non-hydrogen) atoms. The predicted molar refractivity (Wildman–Crippen MR) is 120 cm³/mol. The third-order valence-corrected chi connectivity index (χ3v) is 5.38. The Labute approximate surface area is 188 Å². The van der Waals surface area contributed by atoms with Crippen LogP contribution >= 0.6 is 0 Å². The van der Waals surface area contributed by atoms with Gasteiger partial charge in [-0.25, -0.2) is 4.79 Å². The molecule has 0 atom stereocenters. The molecular weight excluding hydrogens is 426 g/mol. The van der Waals surface area contributed by atoms with E-state index in [4.69, 9.17) is 4.74 Å². The van der Waals surface area contributed by atoms with Crippen LogP contribution in [0.3, 0.4) is 0 Å². The second-order valence-electron chi connectivity index (χ2n) is 7.40. The number of carbonyl (C=O) groups is 4. The number of hydrogen-bond donors (Lipinski definition) is 1. The smallest absolute Gasteiger partial charge is 0.343 e. The van der Waals surface area contributed by atoms with Crippen molar-refractivity contribution in [3.05, 3.63) is 75.6 Å². The number of nitrogens with zero attached hydrogens (tertiary/aromatic N) is 2. The number of imide groups is 1. The van der Waals surface area contributed by atoms with E-state index in [0.29, 0.717) is 17.7 Å². The van der Waals surface area contributed by atoms with Crippen LogP contribution in [0.4, 0.5) is 5.69 Å². The fraction of sp³-hybridized carbons (Fsp3) is 0.208. The summed E-state index contributed by atoms with van der Waals surface area (Å²) in [6.07, 6.45) is 1.46. The maximum atomic E-state index is 12.9. The van der Waals surface area contributed by atoms with Gasteiger partial charge in [0.15, 0.2) is 0 Å². The molecule has 0 bridgehead atoms. The molecule has 0 aliphatic carbocycles. The SMILES string of the molecule is CCOC(=O)c1cn(CC)c2ccc(NC(=O)CN3C(=O)c4ccccc4C3=O)cc2c1=O. The van der Waals surface area contributed by atoms with Crippen molar-refractivity contribution < 1.29 is 23.9 Å². The number of rotatable bonds is 6. The van der Waals surface area contributed by atoms with E-state index in [1.54, 1.807) is 35.8 Å². The molecule has 0 radical (unpaired) electrons. The lowest BCUT2D eigenvalue weighted by molar-refractivity contribution is -0.116. The predicted octanol–water partition coefficient (Wildman–Crippen LogP) is 2.43. The molecule has 4 rings (SSSR count). The van der Waals surface area contributed by atoms with Crippen LogP contribution < -0.4 is 10.7 Å². The first-order valence-electron chi connectivity index (χ1n) is 10.4. The van der Waals surface area contributed by atoms with Gasteiger partial charge in [0.1, 0.15) is 12.1 Å². The summed E-state index contributed by atoms with van der Waals surface area (Å²) in [6, 6.07) is 11.1. The van der Waals surface area contributed by atoms with Crippen molar-refractivity contribution in [2.45, 2.75) is 20.4 Å². The number of carbonyl (C=O) groups excluding carboxylic acids is 4. The van der Waals surface area contributed by atoms with Crippen LogP contribution in [0, 0.1) is 0 Å². The molecule has 0 fully saturated rings. The average molecular weight is 447 g/mol. The number of aromatic nitrogens is 1. The van der Waals surface area contributed by atoms with Crippen LogP contribution in [0.2, 0.25) is 0 Å². The highest BCUT2D eigenvalue weighted by molar-refractivity contribution is 6.22. The van der Waals surface area contributed by atoms with Crippen LogP contribution in [0.25, 0.3) is 10.9 Å². The number of ether oxygens (including phenoxy) is 1. The van der Waals surface area contributed by atoms with Gasteiger partial charge in [0.2, 0.25) is 11.3 Å². The van der Waals surface area contributed by atoms with Gasteiger partial charge >= 0.3 is 5.97 Å². The summed E-state index contributed by atoms with van der Waals surface area (Å²) in [5.41, 5.74) is 0.796. The fourth-order valence-electron chi connectivity index (χ4n) is 3.82. The van der Waals surface area contributed by atoms with Gasteiger partial charge < -0.3 is 14.6 Å². The number of pyridine rings is 1. The molecule has 1 N–H and O–H groups in total. The summed E-state index contributed by atoms with van der Waals surface area (Å²) in [5.74, 6) is -2.38. The quantitative estimate of drug-likeness (QED) is 0.459. The topological polar surface area (TPSA) is 115 Å². The summed E-state index contributed by atoms with van der Waals surface area (Å²) in [7, 11) is 0. The van der Waals surface area contributed by atoms with E-state index in [1.165, 1.54) is 24.4 Å². The minimum absolute atomic E-state index is 0.0966. The van der Waals surface area contributed by atoms with Gasteiger partial charge in [0.25, 0.3) is 11.8 Å². The second-order valence-corrected chi connectivity index (χ2v) is 7.40. The molecular formula is C24H21N3O6. The summed E-state index contributed by atoms with van der Waals surface area (Å²) in [4.78, 5) is 63.6. The third kappa shape index (κ3) is 3.89. The van der Waals surface area contributed by atoms with Crippen LogP contribution in [0.15, 0.2) is 53.5 Å². The van der Waals surface area contributed by atoms with Gasteiger partial charge in [0, 0.05) is 23.8 Å². The molecule has 1 aromatic heterocycles. The molecule has 9 nitrogen and oxygen atoms in total. The highest BCUT2D eigenvalue weighted by atomic mass is 16.5. The van der Waals surface area contributed by atoms with Crippen molar-refractivity contribution in [3.8, 4) is 0 Å². The molecule has 168 valence electrons. The first-order chi connectivity index (χ1) is 15.8. The monoisotopic (exact) mass is 447 g/mol. The van der Waals surface area contributed by atoms with Gasteiger partial charge in [-0.15, -0.1) is 0 Å². The van der Waals surface area contributed by atoms with Gasteiger partial charge in [-0.1, -0.05) is 12.1 Å². The first kappa shape index (κ1) is 21.9. The number of hydrogen-bond acceptors (Lipinski definition) is 6. The maximum Gasteiger partial charge on any atom is 0.343 e. The van der Waals surface area contributed by atoms with Crippen LogP contribution in [0.5, 0.6) is 0 Å². The molecule has 0 unspecified atom stereocenters. The van der Waals surface area contributed by atoms with Crippen molar-refractivity contribution in [1.82, 2.24) is 9.47 Å². The minimum Gasteiger partial charge on any atom is -0.462 e. The van der Waals surface area contributed by atoms with Gasteiger partial charge in [-0.2, -0.15) is 0 Å². The van der Waals surface area contributed by atoms with E-state index in [0.717, 1.165) is 4.90 Å². The number of aryl methyl sites for hydroxylation is 1. The van der Waals surface area contributed by atoms with Gasteiger partial charge in [-0.3, -0.25) is 24.1 Å². The maximum absolute atomic E-state index is 12.9. The zero-order valence-corrected chi connectivity index (χ0v) is 18.1. The fourth-order valence-corrected chi connectivity index (χ4v) is 3.82. The van der Waals surface area contributed by atoms with Crippen LogP contribution in [-0.2, 0) is 16.1 Å². The van der Waals surface area contributed by atoms with E-state index in [-0.39, 0.29) is 28.7 Å². The number of nitrogens with one attached hydrogen (secondary N) is 1. The van der Waals surface area contributed by atoms with Crippen molar-refractivity contribution in [2.75, 3.05) is 18.5 Å². The summed E-state index contributed by atoms with van der Waals surface area (Å²) >= 11 is 0. The van der Waals surface area contributed by atoms with Crippen LogP contribution in [0.1, 0.15) is 44.9 Å². The molecule has 2 heterocycles. The van der Waals surface area contributed by atoms with Crippen molar-refractivity contribution in [3.63, 3.8) is 0 Å². The van der Waals surface area contributed by atoms with Gasteiger partial charge in [0.05, 0.1) is 23.3 Å². The van der Waals surface area contributed by atoms with E-state index >= 15 is 0 Å². The van der Waals surface area contributed by atoms with Crippen molar-refractivity contribution >= 4 is 40.3 Å². The molecule has 0 saturated carbocycles. The number of fused-ring (bicyclic) bond motifs is 2. The second kappa shape index (κ2) is 8.70. The number of amides is 3. The molecule has 3 amide bonds. The Hall–Kier alpha value is -4.27. The standard InChI is InChI=1S/C24H21N3O6/c1-3-26-12-18(24(32)33-4-2)21(29)17-11-14(9-10-19(17)26)25-20(28)13-27-22(30)15-7-5-6-8-16(15)23(27)31/h5-12H,3-4,13H2,1-2H3,(H,25,28). The third-order valence-electron chi connectivity index (χ3n) is 5.38. The van der Waals surface area contributed by atoms with Crippen molar-refractivity contribution in [1.29, 1.82) is 0 Å². The lowest BCUT2D eigenvalue weighted by atomic mass is 10.1. The van der Waals surface area contributed by atoms with Gasteiger partial charge in [-0.05, 0) is 44.2 Å². The normalized spacial score (nSPS) is 12.7. The zero-order valence-electron chi connectivity index (χ0n) is 18.1. The zero-order chi connectivity index (χ0) is 23.7. The Morgan fingerprint density at radius 1 is 0.970 bits per heavy atom. The molecule has 1 aliphatic rings. The minimum atomic E-state index is -0.716. The first-order valence-corrected chi connectivity index (χ1v) is 10.4. The summed E-state index contributed by atoms with van der Waals surface area (Å²) < 4.78 is 6.73. The molecule has 0 spiro atoms. The van der Waals surface area contributed by atoms with E-state index in [1.807, 2.05) is 6.92 Å². The molecule has 3 aromatic rings. The van der Waals surface area contributed by atoms with E-state index < -0.39 is 35.7 Å². The number of esters is 1. The number of benzene rings is 2. The highest BCUT2D eigenvalue weighted by Gasteiger charge is 2.36. The molecule has 1 aliphatic heterocycles. The Morgan fingerprint density at radius 2 is 1.64 bits per heavy atom. The van der Waals surface area contributed by atoms with E-state index in [2.05, 4.69) is 5.32 Å². The lowest BCUT2D eigenvalue weighted by Gasteiger charge is -2.15. The summed E-state index contributed by atoms with van der Waals surface area (Å²) in [5, 5.41) is 2.85. The Balaban J connectivity index is 1.60. The lowest BCUT2D eigenvalue weighted by Crippen LogP contribution is -2.37. The molecule has 2 aromatic carbocycles. The molecule has 0 saturated heterocycles. The van der Waals surface area contributed by atoms with Crippen LogP contribution in [-0.4, -0.2) is 46.3 Å². The van der Waals surface area contributed by atoms with E-state index in [9.17, 15) is 24.0 Å². The number of anilines is 1. The largest absolute Gasteiger partial charge is 0.462 e.